The minimum absolute atomic E-state index is 0. The molecule has 0 spiro atoms. The third-order valence-corrected chi connectivity index (χ3v) is 2.59. The van der Waals surface area contributed by atoms with Gasteiger partial charge in [-0.3, -0.25) is 9.59 Å². The molecule has 0 saturated heterocycles. The van der Waals surface area contributed by atoms with Gasteiger partial charge in [-0.2, -0.15) is 12.6 Å². The number of hydrogen-bond donors (Lipinski definition) is 4. The van der Waals surface area contributed by atoms with E-state index in [2.05, 4.69) is 17.9 Å². The van der Waals surface area contributed by atoms with E-state index >= 15 is 0 Å². The van der Waals surface area contributed by atoms with Crippen LogP contribution >= 0.6 is 12.6 Å². The summed E-state index contributed by atoms with van der Waals surface area (Å²) in [7, 11) is 0. The van der Waals surface area contributed by atoms with Crippen LogP contribution in [0, 0.1) is 0 Å². The monoisotopic (exact) mass is 329 g/mol. The number of hydrogen-bond acceptors (Lipinski definition) is 8. The summed E-state index contributed by atoms with van der Waals surface area (Å²) in [5.74, 6) is -4.35. The van der Waals surface area contributed by atoms with Crippen molar-refractivity contribution >= 4 is 59.4 Å². The van der Waals surface area contributed by atoms with Crippen molar-refractivity contribution in [3.05, 3.63) is 0 Å². The van der Waals surface area contributed by atoms with Gasteiger partial charge in [-0.05, 0) is 6.42 Å². The average molecular weight is 330 g/mol. The first-order chi connectivity index (χ1) is 9.27. The molecule has 0 aromatic heterocycles. The van der Waals surface area contributed by atoms with Crippen molar-refractivity contribution in [3.8, 4) is 0 Å². The molecule has 2 unspecified atom stereocenters. The molecule has 21 heavy (non-hydrogen) atoms. The number of amides is 2. The Hall–Kier alpha value is -1.04. The van der Waals surface area contributed by atoms with Gasteiger partial charge < -0.3 is 36.2 Å². The molecule has 0 bridgehead atoms. The molecule has 0 aliphatic heterocycles. The van der Waals surface area contributed by atoms with E-state index in [4.69, 9.17) is 5.73 Å². The molecule has 114 valence electrons. The Balaban J connectivity index is 0. The van der Waals surface area contributed by atoms with Crippen molar-refractivity contribution in [2.45, 2.75) is 24.9 Å². The van der Waals surface area contributed by atoms with E-state index in [0.29, 0.717) is 0 Å². The molecule has 0 aromatic rings. The molecular formula is C10H15MgN3O6S. The summed E-state index contributed by atoms with van der Waals surface area (Å²) in [6.45, 7) is -0.686. The Bertz CT molecular complexity index is 395. The van der Waals surface area contributed by atoms with Crippen LogP contribution in [-0.2, 0) is 19.2 Å². The fourth-order valence-corrected chi connectivity index (χ4v) is 1.40. The van der Waals surface area contributed by atoms with Gasteiger partial charge >= 0.3 is 23.1 Å². The van der Waals surface area contributed by atoms with Crippen LogP contribution in [0.25, 0.3) is 0 Å². The molecule has 9 nitrogen and oxygen atoms in total. The largest absolute Gasteiger partial charge is 2.00 e. The second-order valence-electron chi connectivity index (χ2n) is 3.86. The second kappa shape index (κ2) is 11.6. The maximum Gasteiger partial charge on any atom is 2.00 e. The molecule has 2 atom stereocenters. The molecule has 0 aliphatic rings. The van der Waals surface area contributed by atoms with Crippen LogP contribution < -0.4 is 26.6 Å². The predicted molar refractivity (Wildman–Crippen MR) is 71.8 cm³/mol. The van der Waals surface area contributed by atoms with Gasteiger partial charge in [0.05, 0.1) is 18.5 Å². The van der Waals surface area contributed by atoms with Crippen LogP contribution in [0.5, 0.6) is 0 Å². The normalized spacial score (nSPS) is 12.5. The van der Waals surface area contributed by atoms with E-state index in [1.807, 2.05) is 5.32 Å². The van der Waals surface area contributed by atoms with Crippen LogP contribution in [-0.4, -0.2) is 71.2 Å². The van der Waals surface area contributed by atoms with Crippen LogP contribution in [0.1, 0.15) is 12.8 Å². The van der Waals surface area contributed by atoms with Gasteiger partial charge in [-0.1, -0.05) is 0 Å². The Morgan fingerprint density at radius 3 is 2.19 bits per heavy atom. The third-order valence-electron chi connectivity index (χ3n) is 2.23. The number of nitrogens with two attached hydrogens (primary N) is 1. The summed E-state index contributed by atoms with van der Waals surface area (Å²) in [5, 5.41) is 24.8. The van der Waals surface area contributed by atoms with Crippen molar-refractivity contribution in [1.82, 2.24) is 10.6 Å². The van der Waals surface area contributed by atoms with Crippen molar-refractivity contribution in [1.29, 1.82) is 0 Å². The zero-order valence-corrected chi connectivity index (χ0v) is 13.5. The van der Waals surface area contributed by atoms with Crippen LogP contribution in [0.15, 0.2) is 0 Å². The number of carbonyl (C=O) groups is 4. The molecule has 4 N–H and O–H groups in total. The molecule has 0 rings (SSSR count). The van der Waals surface area contributed by atoms with E-state index in [9.17, 15) is 29.4 Å². The summed E-state index contributed by atoms with van der Waals surface area (Å²) in [5.41, 5.74) is 5.16. The minimum atomic E-state index is -1.48. The molecule has 0 aliphatic carbocycles. The van der Waals surface area contributed by atoms with Gasteiger partial charge in [0.25, 0.3) is 0 Å². The quantitative estimate of drug-likeness (QED) is 0.242. The summed E-state index contributed by atoms with van der Waals surface area (Å²) in [6.07, 6.45) is -0.360. The number of thiol groups is 1. The van der Waals surface area contributed by atoms with E-state index in [0.717, 1.165) is 0 Å². The zero-order chi connectivity index (χ0) is 15.7. The Morgan fingerprint density at radius 2 is 1.76 bits per heavy atom. The fraction of sp³-hybridized carbons (Fsp3) is 0.600. The number of nitrogens with one attached hydrogen (secondary N) is 2. The van der Waals surface area contributed by atoms with Crippen molar-refractivity contribution in [3.63, 3.8) is 0 Å². The number of carboxylic acids is 2. The molecule has 0 saturated carbocycles. The smallest absolute Gasteiger partial charge is 0.548 e. The number of carboxylic acid groups (broad SMARTS) is 2. The standard InChI is InChI=1S/C10H17N3O6S.Mg/c11-5(10(18)19)1-2-7(14)13-6(4-20)9(17)12-3-8(15)16;/h5-6,20H,1-4,11H2,(H,12,17)(H,13,14)(H,15,16)(H,18,19);/q;+2/p-2. The number of rotatable bonds is 9. The zero-order valence-electron chi connectivity index (χ0n) is 11.2. The third kappa shape index (κ3) is 10.3. The van der Waals surface area contributed by atoms with Gasteiger partial charge in [0.1, 0.15) is 6.04 Å². The minimum Gasteiger partial charge on any atom is -0.548 e. The van der Waals surface area contributed by atoms with E-state index < -0.39 is 42.4 Å². The molecule has 0 fully saturated rings. The van der Waals surface area contributed by atoms with Crippen LogP contribution in [0.4, 0.5) is 0 Å². The first-order valence-electron chi connectivity index (χ1n) is 5.62. The predicted octanol–water partition coefficient (Wildman–Crippen LogP) is -5.26. The van der Waals surface area contributed by atoms with Crippen LogP contribution in [0.2, 0.25) is 0 Å². The Labute approximate surface area is 142 Å². The average Bonchev–Trinajstić information content (AvgIpc) is 2.38. The Kier molecular flexibility index (Phi) is 12.3. The van der Waals surface area contributed by atoms with E-state index in [-0.39, 0.29) is 41.6 Å². The maximum atomic E-state index is 11.5. The van der Waals surface area contributed by atoms with Gasteiger partial charge in [0, 0.05) is 18.2 Å². The first kappa shape index (κ1) is 22.2. The summed E-state index contributed by atoms with van der Waals surface area (Å²) >= 11 is 3.85. The van der Waals surface area contributed by atoms with Crippen molar-refractivity contribution in [2.24, 2.45) is 5.73 Å². The summed E-state index contributed by atoms with van der Waals surface area (Å²) in [4.78, 5) is 43.4. The summed E-state index contributed by atoms with van der Waals surface area (Å²) < 4.78 is 0. The fourth-order valence-electron chi connectivity index (χ4n) is 1.15. The van der Waals surface area contributed by atoms with Crippen molar-refractivity contribution < 1.29 is 29.4 Å². The van der Waals surface area contributed by atoms with E-state index in [1.165, 1.54) is 0 Å². The molecular weight excluding hydrogens is 314 g/mol. The first-order valence-corrected chi connectivity index (χ1v) is 6.25. The second-order valence-corrected chi connectivity index (χ2v) is 4.22. The van der Waals surface area contributed by atoms with Gasteiger partial charge in [0.2, 0.25) is 11.8 Å². The van der Waals surface area contributed by atoms with Crippen molar-refractivity contribution in [2.75, 3.05) is 12.3 Å². The van der Waals surface area contributed by atoms with Gasteiger partial charge in [-0.25, -0.2) is 0 Å². The topological polar surface area (TPSA) is 164 Å². The maximum absolute atomic E-state index is 11.5. The van der Waals surface area contributed by atoms with E-state index in [1.54, 1.807) is 0 Å². The Morgan fingerprint density at radius 1 is 1.19 bits per heavy atom. The molecule has 11 heteroatoms. The molecule has 0 aromatic carbocycles. The number of aliphatic carboxylic acids is 2. The van der Waals surface area contributed by atoms with Crippen LogP contribution in [0.3, 0.4) is 0 Å². The van der Waals surface area contributed by atoms with Gasteiger partial charge in [0.15, 0.2) is 0 Å². The molecule has 0 radical (unpaired) electrons. The molecule has 0 heterocycles. The summed E-state index contributed by atoms with van der Waals surface area (Å²) in [6, 6.07) is -2.31. The van der Waals surface area contributed by atoms with Gasteiger partial charge in [-0.15, -0.1) is 0 Å². The number of carbonyl (C=O) groups excluding carboxylic acids is 4. The SMILES string of the molecule is NC(CCC(=O)NC(CS)C(=O)NCC(=O)[O-])C(=O)[O-].[Mg+2]. The molecule has 2 amide bonds.